The summed E-state index contributed by atoms with van der Waals surface area (Å²) in [7, 11) is 0. The molecule has 1 saturated heterocycles. The fourth-order valence-corrected chi connectivity index (χ4v) is 4.78. The molecule has 2 saturated carbocycles. The fraction of sp³-hybridized carbons (Fsp3) is 0.941. The van der Waals surface area contributed by atoms with Crippen molar-refractivity contribution < 1.29 is 9.53 Å². The lowest BCUT2D eigenvalue weighted by molar-refractivity contribution is -0.138. The molecule has 0 radical (unpaired) electrons. The van der Waals surface area contributed by atoms with Crippen LogP contribution in [0, 0.1) is 22.7 Å². The molecule has 0 aromatic carbocycles. The second-order valence-electron chi connectivity index (χ2n) is 8.21. The van der Waals surface area contributed by atoms with Gasteiger partial charge in [0.05, 0.1) is 5.60 Å². The normalized spacial score (nSPS) is 35.5. The smallest absolute Gasteiger partial charge is 0.140 e. The summed E-state index contributed by atoms with van der Waals surface area (Å²) in [5.74, 6) is 1.06. The van der Waals surface area contributed by atoms with E-state index in [1.54, 1.807) is 0 Å². The summed E-state index contributed by atoms with van der Waals surface area (Å²) in [6.45, 7) is 9.80. The highest BCUT2D eigenvalue weighted by atomic mass is 16.5. The van der Waals surface area contributed by atoms with Crippen molar-refractivity contribution in [1.82, 2.24) is 0 Å². The average molecular weight is 264 g/mol. The van der Waals surface area contributed by atoms with Gasteiger partial charge in [-0.15, -0.1) is 0 Å². The van der Waals surface area contributed by atoms with Crippen molar-refractivity contribution in [3.63, 3.8) is 0 Å². The third-order valence-corrected chi connectivity index (χ3v) is 6.72. The minimum atomic E-state index is 0.0712. The average Bonchev–Trinajstić information content (AvgIpc) is 2.68. The molecule has 1 aliphatic heterocycles. The van der Waals surface area contributed by atoms with Crippen LogP contribution in [0.2, 0.25) is 0 Å². The zero-order valence-corrected chi connectivity index (χ0v) is 12.9. The number of carbonyl (C=O) groups excluding carboxylic acids is 1. The molecule has 0 aromatic heterocycles. The van der Waals surface area contributed by atoms with Gasteiger partial charge in [-0.25, -0.2) is 0 Å². The van der Waals surface area contributed by atoms with E-state index >= 15 is 0 Å². The molecule has 2 heteroatoms. The van der Waals surface area contributed by atoms with E-state index in [0.717, 1.165) is 19.4 Å². The molecule has 1 spiro atoms. The molecule has 1 unspecified atom stereocenters. The first-order valence-corrected chi connectivity index (χ1v) is 7.98. The van der Waals surface area contributed by atoms with E-state index in [2.05, 4.69) is 27.7 Å². The number of Topliss-reactive ketones (excluding diaryl/α,β-unsaturated/α-hetero) is 1. The summed E-state index contributed by atoms with van der Waals surface area (Å²) >= 11 is 0. The molecule has 1 atom stereocenters. The van der Waals surface area contributed by atoms with Gasteiger partial charge in [0.1, 0.15) is 5.78 Å². The van der Waals surface area contributed by atoms with Crippen LogP contribution >= 0.6 is 0 Å². The van der Waals surface area contributed by atoms with E-state index in [9.17, 15) is 4.79 Å². The molecular weight excluding hydrogens is 236 g/mol. The quantitative estimate of drug-likeness (QED) is 0.754. The van der Waals surface area contributed by atoms with Crippen LogP contribution in [0.1, 0.15) is 66.2 Å². The zero-order valence-electron chi connectivity index (χ0n) is 12.9. The lowest BCUT2D eigenvalue weighted by atomic mass is 9.80. The lowest BCUT2D eigenvalue weighted by Gasteiger charge is -2.38. The van der Waals surface area contributed by atoms with Crippen molar-refractivity contribution in [1.29, 1.82) is 0 Å². The first-order valence-electron chi connectivity index (χ1n) is 7.98. The predicted octanol–water partition coefficient (Wildman–Crippen LogP) is 3.98. The summed E-state index contributed by atoms with van der Waals surface area (Å²) in [5, 5.41) is 0. The maximum absolute atomic E-state index is 12.9. The maximum Gasteiger partial charge on any atom is 0.140 e. The van der Waals surface area contributed by atoms with E-state index in [4.69, 9.17) is 4.74 Å². The Morgan fingerprint density at radius 2 is 1.63 bits per heavy atom. The Hall–Kier alpha value is -0.370. The fourth-order valence-electron chi connectivity index (χ4n) is 4.78. The van der Waals surface area contributed by atoms with Gasteiger partial charge in [-0.2, -0.15) is 0 Å². The highest BCUT2D eigenvalue weighted by Crippen LogP contribution is 2.69. The molecule has 3 fully saturated rings. The van der Waals surface area contributed by atoms with Crippen LogP contribution in [-0.4, -0.2) is 18.0 Å². The molecule has 2 nitrogen and oxygen atoms in total. The second-order valence-corrected chi connectivity index (χ2v) is 8.21. The van der Waals surface area contributed by atoms with Crippen LogP contribution in [0.15, 0.2) is 0 Å². The Kier molecular flexibility index (Phi) is 2.91. The molecule has 19 heavy (non-hydrogen) atoms. The topological polar surface area (TPSA) is 26.3 Å². The Bertz CT molecular complexity index is 374. The van der Waals surface area contributed by atoms with E-state index in [1.165, 1.54) is 25.7 Å². The summed E-state index contributed by atoms with van der Waals surface area (Å²) < 4.78 is 6.06. The van der Waals surface area contributed by atoms with Crippen molar-refractivity contribution in [2.45, 2.75) is 71.8 Å². The Morgan fingerprint density at radius 1 is 1.05 bits per heavy atom. The number of rotatable bonds is 2. The first kappa shape index (κ1) is 13.6. The number of carbonyl (C=O) groups is 1. The van der Waals surface area contributed by atoms with Crippen LogP contribution in [0.3, 0.4) is 0 Å². The van der Waals surface area contributed by atoms with Gasteiger partial charge < -0.3 is 4.74 Å². The van der Waals surface area contributed by atoms with Gasteiger partial charge in [-0.05, 0) is 36.5 Å². The van der Waals surface area contributed by atoms with Gasteiger partial charge in [0, 0.05) is 18.4 Å². The molecule has 0 N–H and O–H groups in total. The molecule has 3 rings (SSSR count). The van der Waals surface area contributed by atoms with Crippen molar-refractivity contribution in [2.75, 3.05) is 6.61 Å². The third-order valence-electron chi connectivity index (χ3n) is 6.72. The largest absolute Gasteiger partial charge is 0.375 e. The minimum absolute atomic E-state index is 0.0712. The van der Waals surface area contributed by atoms with E-state index in [0.29, 0.717) is 5.78 Å². The third kappa shape index (κ3) is 1.90. The summed E-state index contributed by atoms with van der Waals surface area (Å²) in [5.41, 5.74) is 0.443. The van der Waals surface area contributed by atoms with Gasteiger partial charge in [-0.3, -0.25) is 4.79 Å². The van der Waals surface area contributed by atoms with Gasteiger partial charge in [0.25, 0.3) is 0 Å². The zero-order chi connectivity index (χ0) is 13.9. The van der Waals surface area contributed by atoms with Crippen molar-refractivity contribution in [2.24, 2.45) is 22.7 Å². The number of ether oxygens (including phenoxy) is 1. The van der Waals surface area contributed by atoms with Crippen LogP contribution in [0.4, 0.5) is 0 Å². The summed E-state index contributed by atoms with van der Waals surface area (Å²) in [6, 6.07) is 0. The molecule has 108 valence electrons. The molecule has 3 aliphatic rings. The SMILES string of the molecule is CC1(C)C(C(=O)C2CCOC3(CCCC3)C2)C1(C)C. The number of hydrogen-bond donors (Lipinski definition) is 0. The van der Waals surface area contributed by atoms with Gasteiger partial charge in [0.2, 0.25) is 0 Å². The lowest BCUT2D eigenvalue weighted by Crippen LogP contribution is -2.40. The van der Waals surface area contributed by atoms with Crippen molar-refractivity contribution in [3.8, 4) is 0 Å². The maximum atomic E-state index is 12.9. The van der Waals surface area contributed by atoms with E-state index in [1.807, 2.05) is 0 Å². The standard InChI is InChI=1S/C17H28O2/c1-15(2)14(16(15,3)4)13(18)12-7-10-19-17(11-12)8-5-6-9-17/h12,14H,5-11H2,1-4H3. The Labute approximate surface area is 117 Å². The molecule has 1 heterocycles. The molecule has 0 amide bonds. The Balaban J connectivity index is 1.71. The van der Waals surface area contributed by atoms with E-state index < -0.39 is 0 Å². The number of ketones is 1. The number of hydrogen-bond acceptors (Lipinski definition) is 2. The Morgan fingerprint density at radius 3 is 2.16 bits per heavy atom. The summed E-state index contributed by atoms with van der Waals surface area (Å²) in [6.07, 6.45) is 6.85. The van der Waals surface area contributed by atoms with Gasteiger partial charge in [0.15, 0.2) is 0 Å². The van der Waals surface area contributed by atoms with Crippen LogP contribution < -0.4 is 0 Å². The van der Waals surface area contributed by atoms with Crippen LogP contribution in [0.25, 0.3) is 0 Å². The first-order chi connectivity index (χ1) is 8.80. The van der Waals surface area contributed by atoms with Gasteiger partial charge in [-0.1, -0.05) is 40.5 Å². The predicted molar refractivity (Wildman–Crippen MR) is 75.9 cm³/mol. The van der Waals surface area contributed by atoms with Gasteiger partial charge >= 0.3 is 0 Å². The molecule has 0 bridgehead atoms. The minimum Gasteiger partial charge on any atom is -0.375 e. The molecule has 2 aliphatic carbocycles. The monoisotopic (exact) mass is 264 g/mol. The van der Waals surface area contributed by atoms with Crippen molar-refractivity contribution in [3.05, 3.63) is 0 Å². The highest BCUT2D eigenvalue weighted by Gasteiger charge is 2.68. The van der Waals surface area contributed by atoms with E-state index in [-0.39, 0.29) is 28.3 Å². The second kappa shape index (κ2) is 4.07. The highest BCUT2D eigenvalue weighted by molar-refractivity contribution is 5.88. The molecular formula is C17H28O2. The summed E-state index contributed by atoms with van der Waals surface area (Å²) in [4.78, 5) is 12.9. The molecule has 0 aromatic rings. The van der Waals surface area contributed by atoms with Crippen LogP contribution in [0.5, 0.6) is 0 Å². The van der Waals surface area contributed by atoms with Crippen LogP contribution in [-0.2, 0) is 9.53 Å². The van der Waals surface area contributed by atoms with Crippen molar-refractivity contribution >= 4 is 5.78 Å².